The van der Waals surface area contributed by atoms with Gasteiger partial charge in [-0.15, -0.1) is 0 Å². The van der Waals surface area contributed by atoms with E-state index in [2.05, 4.69) is 10.4 Å². The van der Waals surface area contributed by atoms with Crippen LogP contribution in [-0.2, 0) is 13.6 Å². The van der Waals surface area contributed by atoms with Gasteiger partial charge in [-0.25, -0.2) is 9.48 Å². The molecule has 4 rings (SSSR count). The molecule has 0 aliphatic heterocycles. The number of carbonyl (C=O) groups is 1. The molecule has 2 heterocycles. The first-order valence-electron chi connectivity index (χ1n) is 8.30. The number of aryl methyl sites for hydroxylation is 1. The molecule has 4 aromatic rings. The summed E-state index contributed by atoms with van der Waals surface area (Å²) in [6.07, 6.45) is 0. The maximum absolute atomic E-state index is 12.5. The van der Waals surface area contributed by atoms with Crippen LogP contribution < -0.4 is 16.5 Å². The zero-order valence-electron chi connectivity index (χ0n) is 14.4. The summed E-state index contributed by atoms with van der Waals surface area (Å²) in [5.74, 6) is -0.561. The van der Waals surface area contributed by atoms with Crippen molar-refractivity contribution in [3.8, 4) is 0 Å². The minimum Gasteiger partial charge on any atom is -0.422 e. The Morgan fingerprint density at radius 3 is 2.59 bits per heavy atom. The molecule has 1 N–H and O–H groups in total. The summed E-state index contributed by atoms with van der Waals surface area (Å²) in [6.45, 7) is 0.0692. The van der Waals surface area contributed by atoms with Crippen molar-refractivity contribution in [2.75, 3.05) is 0 Å². The molecule has 7 heteroatoms. The van der Waals surface area contributed by atoms with Crippen molar-refractivity contribution in [1.29, 1.82) is 0 Å². The van der Waals surface area contributed by atoms with Crippen molar-refractivity contribution in [3.63, 3.8) is 0 Å². The molecule has 27 heavy (non-hydrogen) atoms. The van der Waals surface area contributed by atoms with Crippen LogP contribution in [0, 0.1) is 0 Å². The van der Waals surface area contributed by atoms with Crippen molar-refractivity contribution in [3.05, 3.63) is 86.6 Å². The Morgan fingerprint density at radius 1 is 1.07 bits per heavy atom. The molecule has 0 aliphatic rings. The quantitative estimate of drug-likeness (QED) is 0.563. The number of carbonyl (C=O) groups excluding carboxylic acids is 1. The Kier molecular flexibility index (Phi) is 4.04. The van der Waals surface area contributed by atoms with E-state index in [1.807, 2.05) is 0 Å². The van der Waals surface area contributed by atoms with Gasteiger partial charge in [0.1, 0.15) is 11.1 Å². The molecule has 1 amide bonds. The van der Waals surface area contributed by atoms with Gasteiger partial charge in [0.15, 0.2) is 0 Å². The van der Waals surface area contributed by atoms with Crippen LogP contribution in [0.1, 0.15) is 16.1 Å². The second-order valence-electron chi connectivity index (χ2n) is 6.09. The summed E-state index contributed by atoms with van der Waals surface area (Å²) in [5, 5.41) is 8.75. The van der Waals surface area contributed by atoms with Gasteiger partial charge >= 0.3 is 5.63 Å². The molecule has 7 nitrogen and oxygen atoms in total. The number of rotatable bonds is 3. The molecular weight excluding hydrogens is 346 g/mol. The van der Waals surface area contributed by atoms with E-state index in [1.54, 1.807) is 55.6 Å². The van der Waals surface area contributed by atoms with Gasteiger partial charge in [0.2, 0.25) is 0 Å². The van der Waals surface area contributed by atoms with Gasteiger partial charge in [-0.2, -0.15) is 5.10 Å². The molecule has 0 saturated heterocycles. The van der Waals surface area contributed by atoms with E-state index >= 15 is 0 Å². The van der Waals surface area contributed by atoms with Crippen molar-refractivity contribution in [1.82, 2.24) is 15.1 Å². The molecule has 0 aliphatic carbocycles. The van der Waals surface area contributed by atoms with E-state index in [4.69, 9.17) is 4.42 Å². The predicted octanol–water partition coefficient (Wildman–Crippen LogP) is 1.97. The summed E-state index contributed by atoms with van der Waals surface area (Å²) < 4.78 is 6.42. The number of nitrogens with zero attached hydrogens (tertiary/aromatic N) is 2. The number of amides is 1. The molecule has 134 valence electrons. The van der Waals surface area contributed by atoms with Crippen LogP contribution in [0.5, 0.6) is 0 Å². The molecule has 0 unspecified atom stereocenters. The smallest absolute Gasteiger partial charge is 0.349 e. The van der Waals surface area contributed by atoms with Crippen LogP contribution in [0.4, 0.5) is 0 Å². The summed E-state index contributed by atoms with van der Waals surface area (Å²) >= 11 is 0. The summed E-state index contributed by atoms with van der Waals surface area (Å²) in [5.41, 5.74) is -0.0425. The molecule has 0 spiro atoms. The summed E-state index contributed by atoms with van der Waals surface area (Å²) in [6, 6.07) is 15.5. The third-order valence-corrected chi connectivity index (χ3v) is 4.34. The number of aromatic nitrogens is 2. The first kappa shape index (κ1) is 16.7. The van der Waals surface area contributed by atoms with Crippen LogP contribution >= 0.6 is 0 Å². The summed E-state index contributed by atoms with van der Waals surface area (Å²) in [4.78, 5) is 36.8. The van der Waals surface area contributed by atoms with Gasteiger partial charge in [-0.1, -0.05) is 36.4 Å². The predicted molar refractivity (Wildman–Crippen MR) is 101 cm³/mol. The van der Waals surface area contributed by atoms with Crippen LogP contribution in [0.3, 0.4) is 0 Å². The van der Waals surface area contributed by atoms with Gasteiger partial charge in [0.05, 0.1) is 17.6 Å². The van der Waals surface area contributed by atoms with Crippen LogP contribution in [0.15, 0.2) is 68.6 Å². The van der Waals surface area contributed by atoms with Gasteiger partial charge in [0, 0.05) is 17.8 Å². The van der Waals surface area contributed by atoms with E-state index in [0.717, 1.165) is 0 Å². The molecule has 0 atom stereocenters. The van der Waals surface area contributed by atoms with E-state index in [1.165, 1.54) is 10.7 Å². The maximum Gasteiger partial charge on any atom is 0.349 e. The summed E-state index contributed by atoms with van der Waals surface area (Å²) in [7, 11) is 1.55. The van der Waals surface area contributed by atoms with Crippen LogP contribution in [-0.4, -0.2) is 15.7 Å². The lowest BCUT2D eigenvalue weighted by Gasteiger charge is -2.09. The minimum absolute atomic E-state index is 0.0692. The fourth-order valence-electron chi connectivity index (χ4n) is 2.99. The topological polar surface area (TPSA) is 94.2 Å². The molecule has 0 bridgehead atoms. The fourth-order valence-corrected chi connectivity index (χ4v) is 2.99. The lowest BCUT2D eigenvalue weighted by Crippen LogP contribution is -2.30. The van der Waals surface area contributed by atoms with Crippen LogP contribution in [0.25, 0.3) is 21.7 Å². The second-order valence-corrected chi connectivity index (χ2v) is 6.09. The zero-order valence-corrected chi connectivity index (χ0v) is 14.4. The Hall–Kier alpha value is -3.74. The molecule has 0 fully saturated rings. The average molecular weight is 361 g/mol. The highest BCUT2D eigenvalue weighted by Crippen LogP contribution is 2.14. The highest BCUT2D eigenvalue weighted by atomic mass is 16.4. The van der Waals surface area contributed by atoms with E-state index < -0.39 is 11.5 Å². The average Bonchev–Trinajstić information content (AvgIpc) is 2.69. The van der Waals surface area contributed by atoms with Crippen molar-refractivity contribution in [2.24, 2.45) is 7.05 Å². The molecule has 2 aromatic carbocycles. The van der Waals surface area contributed by atoms with Gasteiger partial charge < -0.3 is 9.73 Å². The number of hydrogen-bond acceptors (Lipinski definition) is 5. The monoisotopic (exact) mass is 361 g/mol. The van der Waals surface area contributed by atoms with Crippen molar-refractivity contribution < 1.29 is 9.21 Å². The third-order valence-electron chi connectivity index (χ3n) is 4.34. The maximum atomic E-state index is 12.5. The van der Waals surface area contributed by atoms with E-state index in [0.29, 0.717) is 27.4 Å². The van der Waals surface area contributed by atoms with E-state index in [9.17, 15) is 14.4 Å². The number of benzene rings is 2. The Bertz CT molecular complexity index is 1300. The zero-order chi connectivity index (χ0) is 19.0. The standard InChI is InChI=1S/C20H15N3O4/c1-23-19(25)14-8-4-3-7-13(14)16(22-23)11-21-18(24)15-10-12-6-2-5-9-17(12)27-20(15)26/h2-10H,11H2,1H3,(H,21,24). The normalized spacial score (nSPS) is 11.0. The SMILES string of the molecule is Cn1nc(CNC(=O)c2cc3ccccc3oc2=O)c2ccccc2c1=O. The van der Waals surface area contributed by atoms with Crippen molar-refractivity contribution in [2.45, 2.75) is 6.54 Å². The minimum atomic E-state index is -0.704. The number of hydrogen-bond donors (Lipinski definition) is 1. The van der Waals surface area contributed by atoms with E-state index in [-0.39, 0.29) is 17.7 Å². The lowest BCUT2D eigenvalue weighted by molar-refractivity contribution is 0.0947. The van der Waals surface area contributed by atoms with Gasteiger partial charge in [0.25, 0.3) is 11.5 Å². The Balaban J connectivity index is 1.67. The van der Waals surface area contributed by atoms with Gasteiger partial charge in [-0.3, -0.25) is 9.59 Å². The lowest BCUT2D eigenvalue weighted by atomic mass is 10.1. The van der Waals surface area contributed by atoms with Gasteiger partial charge in [-0.05, 0) is 18.2 Å². The fraction of sp³-hybridized carbons (Fsp3) is 0.100. The molecule has 0 saturated carbocycles. The number of fused-ring (bicyclic) bond motifs is 2. The first-order chi connectivity index (χ1) is 13.0. The highest BCUT2D eigenvalue weighted by Gasteiger charge is 2.15. The third kappa shape index (κ3) is 2.99. The second kappa shape index (κ2) is 6.53. The molecular formula is C20H15N3O4. The number of nitrogens with one attached hydrogen (secondary N) is 1. The molecule has 2 aromatic heterocycles. The largest absolute Gasteiger partial charge is 0.422 e. The molecule has 0 radical (unpaired) electrons. The first-order valence-corrected chi connectivity index (χ1v) is 8.30. The van der Waals surface area contributed by atoms with Crippen molar-refractivity contribution >= 4 is 27.6 Å². The Morgan fingerprint density at radius 2 is 1.78 bits per heavy atom. The highest BCUT2D eigenvalue weighted by molar-refractivity contribution is 5.96. The number of para-hydroxylation sites is 1. The van der Waals surface area contributed by atoms with Crippen LogP contribution in [0.2, 0.25) is 0 Å². The Labute approximate surface area is 152 Å².